The van der Waals surface area contributed by atoms with Crippen LogP contribution in [0.4, 0.5) is 4.39 Å². The molecule has 0 radical (unpaired) electrons. The molecule has 1 heterocycles. The van der Waals surface area contributed by atoms with E-state index in [1.807, 2.05) is 31.2 Å². The number of rotatable bonds is 5. The van der Waals surface area contributed by atoms with Gasteiger partial charge in [0, 0.05) is 18.9 Å². The maximum atomic E-state index is 14.7. The molecule has 2 nitrogen and oxygen atoms in total. The Morgan fingerprint density at radius 2 is 1.73 bits per heavy atom. The summed E-state index contributed by atoms with van der Waals surface area (Å²) >= 11 is 12.1. The fourth-order valence-electron chi connectivity index (χ4n) is 3.29. The number of hydrogen-bond acceptors (Lipinski definition) is 2. The van der Waals surface area contributed by atoms with Crippen molar-refractivity contribution in [2.75, 3.05) is 13.2 Å². The van der Waals surface area contributed by atoms with Crippen molar-refractivity contribution in [2.45, 2.75) is 44.6 Å². The van der Waals surface area contributed by atoms with Gasteiger partial charge in [-0.1, -0.05) is 49.2 Å². The van der Waals surface area contributed by atoms with Crippen LogP contribution in [0.1, 0.15) is 49.7 Å². The monoisotopic (exact) mass is 396 g/mol. The van der Waals surface area contributed by atoms with Crippen LogP contribution in [-0.2, 0) is 4.74 Å². The second-order valence-corrected chi connectivity index (χ2v) is 7.68. The molecule has 3 rings (SSSR count). The molecule has 2 unspecified atom stereocenters. The van der Waals surface area contributed by atoms with Gasteiger partial charge in [0.1, 0.15) is 17.7 Å². The zero-order valence-corrected chi connectivity index (χ0v) is 16.5. The van der Waals surface area contributed by atoms with Gasteiger partial charge in [-0.15, -0.1) is 0 Å². The largest absolute Gasteiger partial charge is 0.490 e. The molecule has 0 bridgehead atoms. The first-order valence-electron chi connectivity index (χ1n) is 8.94. The van der Waals surface area contributed by atoms with E-state index in [4.69, 9.17) is 32.7 Å². The summed E-state index contributed by atoms with van der Waals surface area (Å²) in [5, 5.41) is 1.04. The Hall–Kier alpha value is -1.29. The third-order valence-corrected chi connectivity index (χ3v) is 5.89. The molecule has 0 spiro atoms. The average Bonchev–Trinajstić information content (AvgIpc) is 2.64. The van der Waals surface area contributed by atoms with Crippen molar-refractivity contribution in [1.82, 2.24) is 0 Å². The first-order valence-corrected chi connectivity index (χ1v) is 9.70. The number of benzene rings is 2. The second kappa shape index (κ2) is 8.60. The zero-order chi connectivity index (χ0) is 18.7. The van der Waals surface area contributed by atoms with Crippen LogP contribution < -0.4 is 4.74 Å². The van der Waals surface area contributed by atoms with E-state index < -0.39 is 0 Å². The lowest BCUT2D eigenvalue weighted by atomic mass is 9.84. The van der Waals surface area contributed by atoms with E-state index in [0.29, 0.717) is 34.6 Å². The van der Waals surface area contributed by atoms with Gasteiger partial charge < -0.3 is 9.47 Å². The van der Waals surface area contributed by atoms with Crippen LogP contribution >= 0.6 is 23.2 Å². The Labute approximate surface area is 164 Å². The highest BCUT2D eigenvalue weighted by Gasteiger charge is 2.21. The van der Waals surface area contributed by atoms with Gasteiger partial charge in [-0.2, -0.15) is 0 Å². The smallest absolute Gasteiger partial charge is 0.130 e. The summed E-state index contributed by atoms with van der Waals surface area (Å²) in [6.07, 6.45) is 1.78. The highest BCUT2D eigenvalue weighted by Crippen LogP contribution is 2.37. The predicted octanol–water partition coefficient (Wildman–Crippen LogP) is 6.60. The van der Waals surface area contributed by atoms with Crippen LogP contribution in [0, 0.1) is 5.82 Å². The molecule has 5 heteroatoms. The maximum Gasteiger partial charge on any atom is 0.130 e. The topological polar surface area (TPSA) is 18.5 Å². The van der Waals surface area contributed by atoms with Gasteiger partial charge in [-0.25, -0.2) is 4.39 Å². The molecule has 0 aliphatic carbocycles. The lowest BCUT2D eigenvalue weighted by molar-refractivity contribution is 0.0254. The van der Waals surface area contributed by atoms with Crippen molar-refractivity contribution < 1.29 is 13.9 Å². The van der Waals surface area contributed by atoms with Gasteiger partial charge in [0.25, 0.3) is 0 Å². The lowest BCUT2D eigenvalue weighted by Crippen LogP contribution is -2.25. The molecule has 0 saturated carbocycles. The Morgan fingerprint density at radius 3 is 2.38 bits per heavy atom. The average molecular weight is 397 g/mol. The van der Waals surface area contributed by atoms with E-state index in [9.17, 15) is 4.39 Å². The minimum absolute atomic E-state index is 0.00984. The molecule has 1 aliphatic rings. The SMILES string of the molecule is CC(c1ccc(Cl)c(Cl)c1)C(C)c1ccc(OC2CCOCC2)cc1F. The highest BCUT2D eigenvalue weighted by molar-refractivity contribution is 6.42. The quantitative estimate of drug-likeness (QED) is 0.566. The molecule has 0 amide bonds. The molecule has 1 aliphatic heterocycles. The number of ether oxygens (including phenoxy) is 2. The van der Waals surface area contributed by atoms with E-state index in [2.05, 4.69) is 6.92 Å². The Morgan fingerprint density at radius 1 is 1.00 bits per heavy atom. The molecule has 2 aromatic carbocycles. The number of halogens is 3. The van der Waals surface area contributed by atoms with Crippen molar-refractivity contribution >= 4 is 23.2 Å². The molecule has 0 N–H and O–H groups in total. The van der Waals surface area contributed by atoms with Gasteiger partial charge in [-0.3, -0.25) is 0 Å². The summed E-state index contributed by atoms with van der Waals surface area (Å²) in [5.74, 6) is 0.424. The molecule has 26 heavy (non-hydrogen) atoms. The minimum Gasteiger partial charge on any atom is -0.490 e. The van der Waals surface area contributed by atoms with Crippen LogP contribution in [0.25, 0.3) is 0 Å². The van der Waals surface area contributed by atoms with E-state index >= 15 is 0 Å². The van der Waals surface area contributed by atoms with Gasteiger partial charge >= 0.3 is 0 Å². The zero-order valence-electron chi connectivity index (χ0n) is 15.0. The fraction of sp³-hybridized carbons (Fsp3) is 0.429. The summed E-state index contributed by atoms with van der Waals surface area (Å²) in [7, 11) is 0. The van der Waals surface area contributed by atoms with Gasteiger partial charge in [0.15, 0.2) is 0 Å². The van der Waals surface area contributed by atoms with Crippen molar-refractivity contribution in [3.63, 3.8) is 0 Å². The van der Waals surface area contributed by atoms with E-state index in [1.54, 1.807) is 6.07 Å². The fourth-order valence-corrected chi connectivity index (χ4v) is 3.60. The molecule has 0 aromatic heterocycles. The molecule has 1 fully saturated rings. The standard InChI is InChI=1S/C21H23Cl2FO2/c1-13(15-3-6-19(22)20(23)11-15)14(2)18-5-4-17(12-21(18)24)26-16-7-9-25-10-8-16/h3-6,11-14,16H,7-10H2,1-2H3. The van der Waals surface area contributed by atoms with E-state index in [-0.39, 0.29) is 23.8 Å². The first-order chi connectivity index (χ1) is 12.5. The summed E-state index contributed by atoms with van der Waals surface area (Å²) in [4.78, 5) is 0. The summed E-state index contributed by atoms with van der Waals surface area (Å²) in [6.45, 7) is 5.48. The third kappa shape index (κ3) is 4.51. The predicted molar refractivity (Wildman–Crippen MR) is 104 cm³/mol. The van der Waals surface area contributed by atoms with Gasteiger partial charge in [0.2, 0.25) is 0 Å². The van der Waals surface area contributed by atoms with Crippen molar-refractivity contribution in [3.8, 4) is 5.75 Å². The van der Waals surface area contributed by atoms with Crippen LogP contribution in [0.3, 0.4) is 0 Å². The summed E-state index contributed by atoms with van der Waals surface area (Å²) < 4.78 is 25.9. The molecular formula is C21H23Cl2FO2. The number of hydrogen-bond donors (Lipinski definition) is 0. The molecule has 1 saturated heterocycles. The van der Waals surface area contributed by atoms with Gasteiger partial charge in [-0.05, 0) is 41.2 Å². The normalized spacial score (nSPS) is 17.7. The first kappa shape index (κ1) is 19.5. The van der Waals surface area contributed by atoms with Crippen LogP contribution in [0.2, 0.25) is 10.0 Å². The maximum absolute atomic E-state index is 14.7. The van der Waals surface area contributed by atoms with Crippen molar-refractivity contribution in [3.05, 3.63) is 63.4 Å². The van der Waals surface area contributed by atoms with Crippen LogP contribution in [-0.4, -0.2) is 19.3 Å². The molecular weight excluding hydrogens is 374 g/mol. The van der Waals surface area contributed by atoms with E-state index in [1.165, 1.54) is 6.07 Å². The summed E-state index contributed by atoms with van der Waals surface area (Å²) in [5.41, 5.74) is 1.71. The van der Waals surface area contributed by atoms with Gasteiger partial charge in [0.05, 0.1) is 23.3 Å². The summed E-state index contributed by atoms with van der Waals surface area (Å²) in [6, 6.07) is 10.7. The van der Waals surface area contributed by atoms with Crippen molar-refractivity contribution in [2.24, 2.45) is 0 Å². The second-order valence-electron chi connectivity index (χ2n) is 6.86. The Balaban J connectivity index is 1.74. The minimum atomic E-state index is -0.242. The molecule has 2 aromatic rings. The van der Waals surface area contributed by atoms with Crippen LogP contribution in [0.15, 0.2) is 36.4 Å². The Bertz CT molecular complexity index is 760. The molecule has 140 valence electrons. The van der Waals surface area contributed by atoms with Crippen molar-refractivity contribution in [1.29, 1.82) is 0 Å². The highest BCUT2D eigenvalue weighted by atomic mass is 35.5. The Kier molecular flexibility index (Phi) is 6.44. The third-order valence-electron chi connectivity index (χ3n) is 5.15. The lowest BCUT2D eigenvalue weighted by Gasteiger charge is -2.25. The van der Waals surface area contributed by atoms with E-state index in [0.717, 1.165) is 18.4 Å². The van der Waals surface area contributed by atoms with Crippen LogP contribution in [0.5, 0.6) is 5.75 Å². The molecule has 2 atom stereocenters.